The van der Waals surface area contributed by atoms with E-state index in [0.717, 1.165) is 12.8 Å². The number of aromatic nitrogens is 3. The summed E-state index contributed by atoms with van der Waals surface area (Å²) in [6.07, 6.45) is 1.91. The SMILES string of the molecule is CN(C)Cc1nnc(S(=O)(=O)Cl)n1C1CC1. The Morgan fingerprint density at radius 3 is 2.50 bits per heavy atom. The van der Waals surface area contributed by atoms with Crippen LogP contribution in [0.4, 0.5) is 0 Å². The summed E-state index contributed by atoms with van der Waals surface area (Å²) in [5.74, 6) is 0.645. The Morgan fingerprint density at radius 2 is 2.06 bits per heavy atom. The molecule has 0 aromatic carbocycles. The molecule has 90 valence electrons. The van der Waals surface area contributed by atoms with Gasteiger partial charge >= 0.3 is 0 Å². The molecule has 1 fully saturated rings. The standard InChI is InChI=1S/C8H13ClN4O2S/c1-12(2)5-7-10-11-8(16(9,14)15)13(7)6-3-4-6/h6H,3-5H2,1-2H3. The van der Waals surface area contributed by atoms with Crippen LogP contribution in [0.2, 0.25) is 0 Å². The average Bonchev–Trinajstić information content (AvgIpc) is 2.86. The van der Waals surface area contributed by atoms with Crippen molar-refractivity contribution in [3.63, 3.8) is 0 Å². The van der Waals surface area contributed by atoms with Crippen LogP contribution >= 0.6 is 10.7 Å². The summed E-state index contributed by atoms with van der Waals surface area (Å²) >= 11 is 0. The van der Waals surface area contributed by atoms with Crippen molar-refractivity contribution in [2.45, 2.75) is 30.6 Å². The molecule has 0 spiro atoms. The average molecular weight is 265 g/mol. The van der Waals surface area contributed by atoms with E-state index in [1.807, 2.05) is 19.0 Å². The Balaban J connectivity index is 2.44. The Labute approximate surface area is 98.6 Å². The van der Waals surface area contributed by atoms with Gasteiger partial charge in [-0.05, 0) is 26.9 Å². The number of nitrogens with zero attached hydrogens (tertiary/aromatic N) is 4. The van der Waals surface area contributed by atoms with Gasteiger partial charge in [-0.2, -0.15) is 0 Å². The summed E-state index contributed by atoms with van der Waals surface area (Å²) in [4.78, 5) is 1.91. The Hall–Kier alpha value is -0.660. The molecular weight excluding hydrogens is 252 g/mol. The van der Waals surface area contributed by atoms with E-state index < -0.39 is 9.05 Å². The summed E-state index contributed by atoms with van der Waals surface area (Å²) in [6.45, 7) is 0.551. The molecule has 0 amide bonds. The summed E-state index contributed by atoms with van der Waals surface area (Å²) in [6, 6.07) is 0.188. The first kappa shape index (κ1) is 11.8. The minimum atomic E-state index is -3.81. The lowest BCUT2D eigenvalue weighted by Gasteiger charge is -2.11. The summed E-state index contributed by atoms with van der Waals surface area (Å²) in [7, 11) is 5.29. The molecule has 0 bridgehead atoms. The van der Waals surface area contributed by atoms with Crippen molar-refractivity contribution in [3.8, 4) is 0 Å². The van der Waals surface area contributed by atoms with Crippen LogP contribution in [0.15, 0.2) is 5.16 Å². The van der Waals surface area contributed by atoms with E-state index >= 15 is 0 Å². The predicted molar refractivity (Wildman–Crippen MR) is 58.7 cm³/mol. The fraction of sp³-hybridized carbons (Fsp3) is 0.750. The van der Waals surface area contributed by atoms with E-state index in [1.165, 1.54) is 0 Å². The molecule has 1 aromatic heterocycles. The van der Waals surface area contributed by atoms with Crippen LogP contribution in [0.5, 0.6) is 0 Å². The predicted octanol–water partition coefficient (Wildman–Crippen LogP) is 0.602. The van der Waals surface area contributed by atoms with Gasteiger partial charge in [0.15, 0.2) is 0 Å². The van der Waals surface area contributed by atoms with E-state index in [2.05, 4.69) is 10.2 Å². The van der Waals surface area contributed by atoms with E-state index in [4.69, 9.17) is 10.7 Å². The van der Waals surface area contributed by atoms with Gasteiger partial charge in [0.05, 0.1) is 6.54 Å². The van der Waals surface area contributed by atoms with Crippen molar-refractivity contribution in [1.82, 2.24) is 19.7 Å². The first-order chi connectivity index (χ1) is 7.39. The van der Waals surface area contributed by atoms with Crippen molar-refractivity contribution in [3.05, 3.63) is 5.82 Å². The number of hydrogen-bond acceptors (Lipinski definition) is 5. The highest BCUT2D eigenvalue weighted by atomic mass is 35.7. The highest BCUT2D eigenvalue weighted by Gasteiger charge is 2.33. The highest BCUT2D eigenvalue weighted by Crippen LogP contribution is 2.38. The molecule has 1 saturated carbocycles. The van der Waals surface area contributed by atoms with Crippen molar-refractivity contribution in [2.75, 3.05) is 14.1 Å². The van der Waals surface area contributed by atoms with Gasteiger partial charge in [0.25, 0.3) is 14.2 Å². The lowest BCUT2D eigenvalue weighted by molar-refractivity contribution is 0.377. The molecular formula is C8H13ClN4O2S. The maximum absolute atomic E-state index is 11.3. The third-order valence-electron chi connectivity index (χ3n) is 2.32. The first-order valence-corrected chi connectivity index (χ1v) is 7.23. The maximum atomic E-state index is 11.3. The van der Waals surface area contributed by atoms with Crippen molar-refractivity contribution in [1.29, 1.82) is 0 Å². The molecule has 0 atom stereocenters. The lowest BCUT2D eigenvalue weighted by Crippen LogP contribution is -2.16. The molecule has 1 aliphatic carbocycles. The minimum Gasteiger partial charge on any atom is -0.302 e. The second-order valence-corrected chi connectivity index (χ2v) is 6.64. The van der Waals surface area contributed by atoms with Gasteiger partial charge in [0.1, 0.15) is 5.82 Å². The van der Waals surface area contributed by atoms with Crippen molar-refractivity contribution >= 4 is 19.7 Å². The fourth-order valence-electron chi connectivity index (χ4n) is 1.56. The van der Waals surface area contributed by atoms with Crippen LogP contribution in [0.25, 0.3) is 0 Å². The quantitative estimate of drug-likeness (QED) is 0.745. The maximum Gasteiger partial charge on any atom is 0.296 e. The van der Waals surface area contributed by atoms with Crippen LogP contribution in [0.1, 0.15) is 24.7 Å². The summed E-state index contributed by atoms with van der Waals surface area (Å²) in [5, 5.41) is 7.43. The van der Waals surface area contributed by atoms with Gasteiger partial charge in [-0.25, -0.2) is 8.42 Å². The Kier molecular flexibility index (Phi) is 2.93. The lowest BCUT2D eigenvalue weighted by atomic mass is 10.5. The molecule has 0 aliphatic heterocycles. The van der Waals surface area contributed by atoms with Crippen molar-refractivity contribution < 1.29 is 8.42 Å². The van der Waals surface area contributed by atoms with Crippen LogP contribution in [-0.4, -0.2) is 42.2 Å². The second-order valence-electron chi connectivity index (χ2n) is 4.18. The highest BCUT2D eigenvalue weighted by molar-refractivity contribution is 8.13. The number of halogens is 1. The van der Waals surface area contributed by atoms with Gasteiger partial charge in [-0.15, -0.1) is 10.2 Å². The van der Waals surface area contributed by atoms with Gasteiger partial charge < -0.3 is 4.90 Å². The third-order valence-corrected chi connectivity index (χ3v) is 3.45. The smallest absolute Gasteiger partial charge is 0.296 e. The van der Waals surface area contributed by atoms with E-state index in [1.54, 1.807) is 4.57 Å². The van der Waals surface area contributed by atoms with E-state index in [0.29, 0.717) is 12.4 Å². The number of rotatable bonds is 4. The second kappa shape index (κ2) is 3.97. The molecule has 0 saturated heterocycles. The zero-order chi connectivity index (χ0) is 11.9. The molecule has 16 heavy (non-hydrogen) atoms. The molecule has 0 radical (unpaired) electrons. The largest absolute Gasteiger partial charge is 0.302 e. The number of hydrogen-bond donors (Lipinski definition) is 0. The molecule has 0 N–H and O–H groups in total. The zero-order valence-corrected chi connectivity index (χ0v) is 10.7. The van der Waals surface area contributed by atoms with Crippen LogP contribution in [-0.2, 0) is 15.6 Å². The third kappa shape index (κ3) is 2.36. The summed E-state index contributed by atoms with van der Waals surface area (Å²) in [5.41, 5.74) is 0. The Morgan fingerprint density at radius 1 is 1.44 bits per heavy atom. The summed E-state index contributed by atoms with van der Waals surface area (Å²) < 4.78 is 24.3. The monoisotopic (exact) mass is 264 g/mol. The van der Waals surface area contributed by atoms with Gasteiger partial charge in [0, 0.05) is 16.7 Å². The molecule has 6 nitrogen and oxygen atoms in total. The molecule has 2 rings (SSSR count). The van der Waals surface area contributed by atoms with Gasteiger partial charge in [-0.1, -0.05) is 0 Å². The van der Waals surface area contributed by atoms with Gasteiger partial charge in [0.2, 0.25) is 0 Å². The van der Waals surface area contributed by atoms with Crippen LogP contribution in [0.3, 0.4) is 0 Å². The van der Waals surface area contributed by atoms with Crippen LogP contribution < -0.4 is 0 Å². The molecule has 1 aromatic rings. The fourth-order valence-corrected chi connectivity index (χ4v) is 2.51. The first-order valence-electron chi connectivity index (χ1n) is 4.93. The molecule has 8 heteroatoms. The molecule has 1 aliphatic rings. The van der Waals surface area contributed by atoms with E-state index in [-0.39, 0.29) is 11.2 Å². The van der Waals surface area contributed by atoms with Gasteiger partial charge in [-0.3, -0.25) is 4.57 Å². The van der Waals surface area contributed by atoms with E-state index in [9.17, 15) is 8.42 Å². The minimum absolute atomic E-state index is 0.131. The normalized spacial score (nSPS) is 17.0. The van der Waals surface area contributed by atoms with Crippen molar-refractivity contribution in [2.24, 2.45) is 0 Å². The molecule has 0 unspecified atom stereocenters. The molecule has 1 heterocycles. The van der Waals surface area contributed by atoms with Crippen LogP contribution in [0, 0.1) is 0 Å². The zero-order valence-electron chi connectivity index (χ0n) is 9.09. The topological polar surface area (TPSA) is 68.1 Å². The Bertz CT molecular complexity index is 492.